The number of hydrogen-bond acceptors (Lipinski definition) is 4. The van der Waals surface area contributed by atoms with E-state index in [1.165, 1.54) is 12.1 Å². The zero-order valence-corrected chi connectivity index (χ0v) is 16.0. The Bertz CT molecular complexity index is 794. The molecule has 1 amide bonds. The van der Waals surface area contributed by atoms with Crippen LogP contribution in [0.4, 0.5) is 20.6 Å². The molecule has 0 radical (unpaired) electrons. The lowest BCUT2D eigenvalue weighted by molar-refractivity contribution is 0.202. The first-order chi connectivity index (χ1) is 12.9. The summed E-state index contributed by atoms with van der Waals surface area (Å²) in [6.45, 7) is 0.589. The third-order valence-corrected chi connectivity index (χ3v) is 5.11. The van der Waals surface area contributed by atoms with Crippen LogP contribution < -0.4 is 13.9 Å². The number of amides is 1. The number of nitrogens with zero attached hydrogens (tertiary/aromatic N) is 2. The molecule has 2 aromatic rings. The first-order valence-corrected chi connectivity index (χ1v) is 9.32. The average molecular weight is 390 g/mol. The van der Waals surface area contributed by atoms with E-state index in [9.17, 15) is 14.3 Å². The van der Waals surface area contributed by atoms with Crippen LogP contribution in [0.2, 0.25) is 0 Å². The van der Waals surface area contributed by atoms with E-state index in [0.29, 0.717) is 18.0 Å². The van der Waals surface area contributed by atoms with Gasteiger partial charge in [0.05, 0.1) is 6.10 Å². The summed E-state index contributed by atoms with van der Waals surface area (Å²) in [5.74, 6) is 0.239. The van der Waals surface area contributed by atoms with Gasteiger partial charge in [-0.05, 0) is 55.5 Å². The molecule has 0 spiro atoms. The quantitative estimate of drug-likeness (QED) is 0.673. The molecule has 0 unspecified atom stereocenters. The number of thiol groups is 1. The van der Waals surface area contributed by atoms with Crippen LogP contribution in [-0.2, 0) is 6.54 Å². The fraction of sp³-hybridized carbons (Fsp3) is 0.350. The van der Waals surface area contributed by atoms with Crippen molar-refractivity contribution in [2.45, 2.75) is 38.3 Å². The molecule has 2 aromatic carbocycles. The Labute approximate surface area is 163 Å². The van der Waals surface area contributed by atoms with Crippen LogP contribution in [0.15, 0.2) is 42.5 Å². The molecule has 3 rings (SSSR count). The Morgan fingerprint density at radius 1 is 1.22 bits per heavy atom. The Kier molecular flexibility index (Phi) is 6.11. The van der Waals surface area contributed by atoms with E-state index in [2.05, 4.69) is 12.8 Å². The summed E-state index contributed by atoms with van der Waals surface area (Å²) >= 11 is 4.06. The Hall–Kier alpha value is -2.41. The van der Waals surface area contributed by atoms with Crippen LogP contribution >= 0.6 is 12.8 Å². The van der Waals surface area contributed by atoms with Crippen molar-refractivity contribution in [2.24, 2.45) is 0 Å². The highest BCUT2D eigenvalue weighted by atomic mass is 32.1. The lowest BCUT2D eigenvalue weighted by Crippen LogP contribution is -2.21. The number of hydrogen-bond donors (Lipinski definition) is 2. The Morgan fingerprint density at radius 3 is 2.52 bits per heavy atom. The first-order valence-electron chi connectivity index (χ1n) is 8.92. The summed E-state index contributed by atoms with van der Waals surface area (Å²) in [6.07, 6.45) is 3.10. The normalized spacial score (nSPS) is 14.2. The van der Waals surface area contributed by atoms with Gasteiger partial charge in [0, 0.05) is 25.3 Å². The first kappa shape index (κ1) is 19.4. The van der Waals surface area contributed by atoms with Crippen molar-refractivity contribution in [1.82, 2.24) is 0 Å². The van der Waals surface area contributed by atoms with Crippen LogP contribution in [0.5, 0.6) is 5.75 Å². The second-order valence-electron chi connectivity index (χ2n) is 6.75. The monoisotopic (exact) mass is 390 g/mol. The lowest BCUT2D eigenvalue weighted by Gasteiger charge is -2.24. The molecule has 0 heterocycles. The molecule has 1 aliphatic carbocycles. The van der Waals surface area contributed by atoms with Crippen LogP contribution in [0.1, 0.15) is 31.2 Å². The summed E-state index contributed by atoms with van der Waals surface area (Å²) in [5, 5.41) is 9.27. The van der Waals surface area contributed by atoms with Gasteiger partial charge in [-0.3, -0.25) is 0 Å². The van der Waals surface area contributed by atoms with Gasteiger partial charge in [0.1, 0.15) is 17.3 Å². The highest BCUT2D eigenvalue weighted by molar-refractivity contribution is 7.82. The highest BCUT2D eigenvalue weighted by Gasteiger charge is 2.22. The van der Waals surface area contributed by atoms with Crippen molar-refractivity contribution in [1.29, 1.82) is 0 Å². The molecule has 1 saturated carbocycles. The maximum Gasteiger partial charge on any atom is 0.422 e. The molecule has 0 aliphatic heterocycles. The van der Waals surface area contributed by atoms with E-state index in [-0.39, 0.29) is 11.9 Å². The van der Waals surface area contributed by atoms with E-state index in [4.69, 9.17) is 4.74 Å². The van der Waals surface area contributed by atoms with Gasteiger partial charge in [0.25, 0.3) is 0 Å². The fourth-order valence-corrected chi connectivity index (χ4v) is 3.42. The molecule has 0 bridgehead atoms. The molecular weight excluding hydrogens is 367 g/mol. The van der Waals surface area contributed by atoms with Gasteiger partial charge < -0.3 is 14.7 Å². The standard InChI is InChI=1S/C20H23FN2O3S/c1-22(13-14-6-8-15(21)9-7-14)16-10-11-18(23(27)20(24)25)19(12-16)26-17-4-2-3-5-17/h6-12,17,27H,2-5,13H2,1H3,(H,24,25). The Morgan fingerprint density at radius 2 is 1.89 bits per heavy atom. The zero-order chi connectivity index (χ0) is 19.4. The number of benzene rings is 2. The van der Waals surface area contributed by atoms with Gasteiger partial charge in [-0.1, -0.05) is 24.9 Å². The highest BCUT2D eigenvalue weighted by Crippen LogP contribution is 2.36. The molecule has 0 saturated heterocycles. The van der Waals surface area contributed by atoms with Gasteiger partial charge in [0.2, 0.25) is 0 Å². The van der Waals surface area contributed by atoms with E-state index < -0.39 is 6.09 Å². The minimum absolute atomic E-state index is 0.0944. The summed E-state index contributed by atoms with van der Waals surface area (Å²) in [7, 11) is 1.92. The molecule has 7 heteroatoms. The maximum absolute atomic E-state index is 13.1. The second kappa shape index (κ2) is 8.52. The van der Waals surface area contributed by atoms with Gasteiger partial charge in [-0.15, -0.1) is 0 Å². The number of rotatable bonds is 6. The van der Waals surface area contributed by atoms with Crippen LogP contribution in [-0.4, -0.2) is 24.4 Å². The predicted molar refractivity (Wildman–Crippen MR) is 107 cm³/mol. The van der Waals surface area contributed by atoms with Gasteiger partial charge >= 0.3 is 6.09 Å². The number of carboxylic acid groups (broad SMARTS) is 1. The molecule has 1 aliphatic rings. The summed E-state index contributed by atoms with van der Waals surface area (Å²) in [6, 6.07) is 11.7. The smallest absolute Gasteiger partial charge is 0.422 e. The number of halogens is 1. The molecule has 1 fully saturated rings. The molecular formula is C20H23FN2O3S. The van der Waals surface area contributed by atoms with E-state index in [0.717, 1.165) is 41.2 Å². The average Bonchev–Trinajstić information content (AvgIpc) is 3.16. The molecule has 1 N–H and O–H groups in total. The van der Waals surface area contributed by atoms with E-state index in [1.807, 2.05) is 24.1 Å². The molecule has 5 nitrogen and oxygen atoms in total. The van der Waals surface area contributed by atoms with Crippen molar-refractivity contribution >= 4 is 30.3 Å². The summed E-state index contributed by atoms with van der Waals surface area (Å²) in [4.78, 5) is 13.3. The minimum atomic E-state index is -1.16. The van der Waals surface area contributed by atoms with Crippen LogP contribution in [0.3, 0.4) is 0 Å². The van der Waals surface area contributed by atoms with Crippen molar-refractivity contribution in [3.05, 3.63) is 53.8 Å². The maximum atomic E-state index is 13.1. The molecule has 144 valence electrons. The zero-order valence-electron chi connectivity index (χ0n) is 15.1. The number of anilines is 2. The number of carbonyl (C=O) groups is 1. The summed E-state index contributed by atoms with van der Waals surface area (Å²) < 4.78 is 20.1. The summed E-state index contributed by atoms with van der Waals surface area (Å²) in [5.41, 5.74) is 2.25. The molecule has 0 aromatic heterocycles. The Balaban J connectivity index is 1.84. The van der Waals surface area contributed by atoms with Crippen molar-refractivity contribution in [3.8, 4) is 5.75 Å². The third-order valence-electron chi connectivity index (χ3n) is 4.72. The SMILES string of the molecule is CN(Cc1ccc(F)cc1)c1ccc(N(S)C(=O)O)c(OC2CCCC2)c1. The largest absolute Gasteiger partial charge is 0.488 e. The van der Waals surface area contributed by atoms with Gasteiger partial charge in [-0.2, -0.15) is 0 Å². The van der Waals surface area contributed by atoms with E-state index >= 15 is 0 Å². The van der Waals surface area contributed by atoms with Gasteiger partial charge in [-0.25, -0.2) is 13.5 Å². The van der Waals surface area contributed by atoms with Gasteiger partial charge in [0.15, 0.2) is 0 Å². The van der Waals surface area contributed by atoms with Crippen molar-refractivity contribution in [3.63, 3.8) is 0 Å². The molecule has 27 heavy (non-hydrogen) atoms. The minimum Gasteiger partial charge on any atom is -0.488 e. The topological polar surface area (TPSA) is 53.0 Å². The van der Waals surface area contributed by atoms with Crippen molar-refractivity contribution < 1.29 is 19.0 Å². The van der Waals surface area contributed by atoms with Crippen molar-refractivity contribution in [2.75, 3.05) is 16.3 Å². The lowest BCUT2D eigenvalue weighted by atomic mass is 10.2. The van der Waals surface area contributed by atoms with Crippen LogP contribution in [0, 0.1) is 5.82 Å². The predicted octanol–water partition coefficient (Wildman–Crippen LogP) is 5.11. The van der Waals surface area contributed by atoms with Crippen LogP contribution in [0.25, 0.3) is 0 Å². The number of ether oxygens (including phenoxy) is 1. The second-order valence-corrected chi connectivity index (χ2v) is 7.15. The van der Waals surface area contributed by atoms with E-state index in [1.54, 1.807) is 18.2 Å². The third kappa shape index (κ3) is 4.86. The fourth-order valence-electron chi connectivity index (χ4n) is 3.25. The molecule has 0 atom stereocenters.